The molecule has 1 radical (unpaired) electrons. The zero-order chi connectivity index (χ0) is 29.5. The second-order valence-electron chi connectivity index (χ2n) is 6.81. The molecule has 0 aliphatic heterocycles. The van der Waals surface area contributed by atoms with Gasteiger partial charge in [-0.2, -0.15) is 17.7 Å². The molecule has 209 valence electrons. The maximum Gasteiger partial charge on any atom is 3.00 e. The molecule has 15 nitrogen and oxygen atoms in total. The molecule has 3 rings (SSSR count). The van der Waals surface area contributed by atoms with Gasteiger partial charge in [-0.3, -0.25) is 0 Å². The Bertz CT molecular complexity index is 1160. The first-order chi connectivity index (χ1) is 18.4. The molecule has 0 aliphatic rings. The van der Waals surface area contributed by atoms with Crippen LogP contribution in [0.15, 0.2) is 72.8 Å². The number of rotatable bonds is 6. The minimum atomic E-state index is -1.30. The van der Waals surface area contributed by atoms with Crippen molar-refractivity contribution in [3.8, 4) is 0 Å². The number of benzene rings is 3. The number of carboxylic acid groups (broad SMARTS) is 3. The van der Waals surface area contributed by atoms with Crippen LogP contribution >= 0.6 is 0 Å². The van der Waals surface area contributed by atoms with Gasteiger partial charge in [0.15, 0.2) is 0 Å². The Morgan fingerprint density at radius 3 is 0.675 bits per heavy atom. The van der Waals surface area contributed by atoms with Crippen LogP contribution in [0.1, 0.15) is 62.1 Å². The predicted octanol–water partition coefficient (Wildman–Crippen LogP) is -2.76. The second-order valence-corrected chi connectivity index (χ2v) is 6.81. The molecule has 0 fully saturated rings. The summed E-state index contributed by atoms with van der Waals surface area (Å²) in [5, 5.41) is 30.9. The van der Waals surface area contributed by atoms with E-state index in [1.54, 1.807) is 0 Å². The molecule has 40 heavy (non-hydrogen) atoms. The Morgan fingerprint density at radius 1 is 0.400 bits per heavy atom. The van der Waals surface area contributed by atoms with E-state index in [2.05, 4.69) is 32.2 Å². The number of carboxylic acids is 3. The fourth-order valence-corrected chi connectivity index (χ4v) is 2.43. The quantitative estimate of drug-likeness (QED) is 0.192. The number of carbonyl (C=O) groups excluding carboxylic acids is 6. The van der Waals surface area contributed by atoms with Gasteiger partial charge in [0.2, 0.25) is 0 Å². The maximum atomic E-state index is 10.8. The van der Waals surface area contributed by atoms with Crippen LogP contribution in [-0.2, 0) is 31.6 Å². The van der Waals surface area contributed by atoms with E-state index in [1.807, 2.05) is 0 Å². The third-order valence-electron chi connectivity index (χ3n) is 4.39. The van der Waals surface area contributed by atoms with Gasteiger partial charge in [0, 0.05) is 0 Å². The SMILES string of the molecule is NOC(=O)c1ccc(C(=O)[O-])cc1.NOC(=O)c1ccc(C(=O)[O-])cc1.NOC(=O)c1ccc(C(=O)[O-])cc1.[Fe+3]. The Balaban J connectivity index is 0.000000563. The van der Waals surface area contributed by atoms with Gasteiger partial charge in [0.1, 0.15) is 0 Å². The molecule has 0 saturated heterocycles. The van der Waals surface area contributed by atoms with Gasteiger partial charge >= 0.3 is 35.0 Å². The maximum absolute atomic E-state index is 10.8. The smallest absolute Gasteiger partial charge is 0.545 e. The van der Waals surface area contributed by atoms with E-state index in [-0.39, 0.29) is 50.4 Å². The van der Waals surface area contributed by atoms with Crippen LogP contribution in [0.5, 0.6) is 0 Å². The summed E-state index contributed by atoms with van der Waals surface area (Å²) in [7, 11) is 0. The van der Waals surface area contributed by atoms with Crippen molar-refractivity contribution < 1.29 is 75.7 Å². The molecule has 0 atom stereocenters. The fourth-order valence-electron chi connectivity index (χ4n) is 2.43. The summed E-state index contributed by atoms with van der Waals surface area (Å²) in [6, 6.07) is 15.2. The molecular formula is C24H18FeN3O12. The van der Waals surface area contributed by atoms with Gasteiger partial charge in [-0.1, -0.05) is 36.4 Å². The second kappa shape index (κ2) is 17.4. The van der Waals surface area contributed by atoms with E-state index in [0.717, 1.165) is 0 Å². The first kappa shape index (κ1) is 34.9. The molecule has 0 aliphatic carbocycles. The van der Waals surface area contributed by atoms with E-state index in [1.165, 1.54) is 72.8 Å². The Kier molecular flexibility index (Phi) is 15.2. The van der Waals surface area contributed by atoms with Crippen LogP contribution in [0.25, 0.3) is 0 Å². The molecule has 3 aromatic rings. The van der Waals surface area contributed by atoms with E-state index >= 15 is 0 Å². The molecule has 6 N–H and O–H groups in total. The van der Waals surface area contributed by atoms with Crippen LogP contribution in [0.4, 0.5) is 0 Å². The number of nitrogens with two attached hydrogens (primary N) is 3. The van der Waals surface area contributed by atoms with Crippen molar-refractivity contribution in [2.45, 2.75) is 0 Å². The number of hydrogen-bond donors (Lipinski definition) is 3. The summed E-state index contributed by atoms with van der Waals surface area (Å²) in [6.45, 7) is 0. The fraction of sp³-hybridized carbons (Fsp3) is 0. The first-order valence-corrected chi connectivity index (χ1v) is 10.1. The molecule has 0 heterocycles. The zero-order valence-corrected chi connectivity index (χ0v) is 21.0. The molecule has 0 unspecified atom stereocenters. The number of carbonyl (C=O) groups is 6. The van der Waals surface area contributed by atoms with Crippen LogP contribution in [0.3, 0.4) is 0 Å². The monoisotopic (exact) mass is 596 g/mol. The van der Waals surface area contributed by atoms with Gasteiger partial charge in [-0.15, -0.1) is 0 Å². The standard InChI is InChI=1S/3C8H7NO4.Fe/c3*9-13-8(12)6-3-1-5(2-4-6)7(10)11;/h3*1-4H,9H2,(H,10,11);/q;;;+3/p-3. The summed E-state index contributed by atoms with van der Waals surface area (Å²) in [5.74, 6) is 7.82. The summed E-state index contributed by atoms with van der Waals surface area (Å²) < 4.78 is 0. The van der Waals surface area contributed by atoms with Crippen molar-refractivity contribution in [3.05, 3.63) is 106 Å². The third-order valence-corrected chi connectivity index (χ3v) is 4.39. The average Bonchev–Trinajstić information content (AvgIpc) is 2.96. The van der Waals surface area contributed by atoms with Crippen LogP contribution < -0.4 is 33.0 Å². The number of aromatic carboxylic acids is 3. The van der Waals surface area contributed by atoms with Gasteiger partial charge < -0.3 is 44.2 Å². The normalized spacial score (nSPS) is 9.07. The third kappa shape index (κ3) is 11.1. The summed E-state index contributed by atoms with van der Waals surface area (Å²) in [6.07, 6.45) is 0. The van der Waals surface area contributed by atoms with Crippen molar-refractivity contribution in [3.63, 3.8) is 0 Å². The molecule has 3 aromatic carbocycles. The minimum absolute atomic E-state index is 0. The van der Waals surface area contributed by atoms with Crippen LogP contribution in [0.2, 0.25) is 0 Å². The molecule has 0 saturated carbocycles. The van der Waals surface area contributed by atoms with E-state index in [4.69, 9.17) is 0 Å². The van der Waals surface area contributed by atoms with E-state index in [0.29, 0.717) is 0 Å². The van der Waals surface area contributed by atoms with Crippen molar-refractivity contribution >= 4 is 35.8 Å². The van der Waals surface area contributed by atoms with Crippen molar-refractivity contribution in [1.82, 2.24) is 0 Å². The summed E-state index contributed by atoms with van der Waals surface area (Å²) >= 11 is 0. The average molecular weight is 596 g/mol. The van der Waals surface area contributed by atoms with Gasteiger partial charge in [0.25, 0.3) is 0 Å². The molecule has 16 heteroatoms. The number of hydrogen-bond acceptors (Lipinski definition) is 15. The minimum Gasteiger partial charge on any atom is -0.545 e. The van der Waals surface area contributed by atoms with Crippen molar-refractivity contribution in [2.75, 3.05) is 0 Å². The van der Waals surface area contributed by atoms with Gasteiger partial charge in [-0.25, -0.2) is 14.4 Å². The molecule has 0 aromatic heterocycles. The zero-order valence-electron chi connectivity index (χ0n) is 19.9. The van der Waals surface area contributed by atoms with E-state index in [9.17, 15) is 44.1 Å². The first-order valence-electron chi connectivity index (χ1n) is 10.1. The van der Waals surface area contributed by atoms with Crippen molar-refractivity contribution in [2.24, 2.45) is 17.7 Å². The van der Waals surface area contributed by atoms with Crippen LogP contribution in [-0.4, -0.2) is 35.8 Å². The Labute approximate surface area is 235 Å². The molecular weight excluding hydrogens is 578 g/mol. The van der Waals surface area contributed by atoms with Crippen molar-refractivity contribution in [1.29, 1.82) is 0 Å². The van der Waals surface area contributed by atoms with E-state index < -0.39 is 35.8 Å². The Hall–Kier alpha value is -5.12. The van der Waals surface area contributed by atoms with Gasteiger partial charge in [0.05, 0.1) is 34.6 Å². The molecule has 0 amide bonds. The molecule has 0 spiro atoms. The predicted molar refractivity (Wildman–Crippen MR) is 121 cm³/mol. The summed E-state index contributed by atoms with van der Waals surface area (Å²) in [5.41, 5.74) is 0.545. The molecule has 0 bridgehead atoms. The topological polar surface area (TPSA) is 277 Å². The largest absolute Gasteiger partial charge is 3.00 e. The van der Waals surface area contributed by atoms with Gasteiger partial charge in [-0.05, 0) is 53.1 Å². The Morgan fingerprint density at radius 2 is 0.550 bits per heavy atom. The van der Waals surface area contributed by atoms with Crippen LogP contribution in [0, 0.1) is 0 Å². The summed E-state index contributed by atoms with van der Waals surface area (Å²) in [4.78, 5) is 75.1.